The second-order valence-electron chi connectivity index (χ2n) is 4.30. The molecular weight excluding hydrogens is 295 g/mol. The van der Waals surface area contributed by atoms with Gasteiger partial charge in [0, 0.05) is 16.7 Å². The van der Waals surface area contributed by atoms with Crippen LogP contribution in [0.15, 0.2) is 59.4 Å². The molecule has 1 N–H and O–H groups in total. The van der Waals surface area contributed by atoms with Gasteiger partial charge in [-0.25, -0.2) is 0 Å². The fourth-order valence-corrected chi connectivity index (χ4v) is 2.57. The molecule has 20 heavy (non-hydrogen) atoms. The maximum atomic E-state index is 11.7. The van der Waals surface area contributed by atoms with Gasteiger partial charge in [0.15, 0.2) is 0 Å². The fourth-order valence-electron chi connectivity index (χ4n) is 2.07. The topological polar surface area (TPSA) is 37.8 Å². The Hall–Kier alpha value is -1.97. The number of nitrogens with one attached hydrogen (secondary N) is 1. The van der Waals surface area contributed by atoms with E-state index in [0.29, 0.717) is 15.7 Å². The summed E-state index contributed by atoms with van der Waals surface area (Å²) in [6.45, 7) is 0. The highest BCUT2D eigenvalue weighted by Gasteiger charge is 2.12. The van der Waals surface area contributed by atoms with Gasteiger partial charge in [-0.15, -0.1) is 0 Å². The Balaban J connectivity index is 2.22. The van der Waals surface area contributed by atoms with E-state index in [1.54, 1.807) is 22.9 Å². The first-order chi connectivity index (χ1) is 9.65. The summed E-state index contributed by atoms with van der Waals surface area (Å²) in [5.74, 6) is 0. The average Bonchev–Trinajstić information content (AvgIpc) is 2.81. The molecule has 100 valence electrons. The fraction of sp³-hybridized carbons (Fsp3) is 0. The van der Waals surface area contributed by atoms with Gasteiger partial charge in [0.05, 0.1) is 16.4 Å². The van der Waals surface area contributed by atoms with Gasteiger partial charge in [0.2, 0.25) is 0 Å². The van der Waals surface area contributed by atoms with Crippen LogP contribution in [-0.4, -0.2) is 9.78 Å². The van der Waals surface area contributed by atoms with Crippen molar-refractivity contribution in [3.8, 4) is 16.9 Å². The van der Waals surface area contributed by atoms with Crippen LogP contribution in [0.5, 0.6) is 0 Å². The first-order valence-electron chi connectivity index (χ1n) is 5.98. The molecule has 0 bridgehead atoms. The number of nitrogens with zero attached hydrogens (tertiary/aromatic N) is 1. The molecule has 0 spiro atoms. The zero-order valence-electron chi connectivity index (χ0n) is 10.3. The van der Waals surface area contributed by atoms with Crippen molar-refractivity contribution in [1.82, 2.24) is 9.78 Å². The van der Waals surface area contributed by atoms with Crippen LogP contribution >= 0.6 is 23.2 Å². The Labute approximate surface area is 125 Å². The molecule has 0 saturated heterocycles. The van der Waals surface area contributed by atoms with E-state index in [9.17, 15) is 4.79 Å². The van der Waals surface area contributed by atoms with Crippen molar-refractivity contribution in [3.63, 3.8) is 0 Å². The number of aromatic amines is 1. The monoisotopic (exact) mass is 304 g/mol. The maximum absolute atomic E-state index is 11.7. The van der Waals surface area contributed by atoms with Gasteiger partial charge in [-0.3, -0.25) is 14.6 Å². The number of para-hydroxylation sites is 1. The van der Waals surface area contributed by atoms with E-state index in [0.717, 1.165) is 11.3 Å². The van der Waals surface area contributed by atoms with Crippen LogP contribution in [0.4, 0.5) is 0 Å². The highest BCUT2D eigenvalue weighted by Crippen LogP contribution is 2.30. The predicted octanol–water partition coefficient (Wildman–Crippen LogP) is 4.14. The number of hydrogen-bond donors (Lipinski definition) is 1. The molecule has 0 saturated carbocycles. The molecule has 0 aliphatic rings. The van der Waals surface area contributed by atoms with Crippen molar-refractivity contribution in [3.05, 3.63) is 75.0 Å². The Bertz CT molecular complexity index is 806. The number of H-pyrrole nitrogens is 1. The van der Waals surface area contributed by atoms with Crippen LogP contribution in [0.1, 0.15) is 0 Å². The SMILES string of the molecule is O=c1cc(-c2ccc(Cl)cc2Cl)n(-c2ccccc2)[nH]1. The number of rotatable bonds is 2. The first kappa shape index (κ1) is 13.0. The highest BCUT2D eigenvalue weighted by atomic mass is 35.5. The third-order valence-corrected chi connectivity index (χ3v) is 3.50. The van der Waals surface area contributed by atoms with Gasteiger partial charge in [0.1, 0.15) is 0 Å². The Kier molecular flexibility index (Phi) is 3.38. The minimum atomic E-state index is -0.185. The summed E-state index contributed by atoms with van der Waals surface area (Å²) >= 11 is 12.1. The van der Waals surface area contributed by atoms with Gasteiger partial charge in [-0.1, -0.05) is 41.4 Å². The molecule has 5 heteroatoms. The molecule has 0 radical (unpaired) electrons. The number of benzene rings is 2. The van der Waals surface area contributed by atoms with E-state index in [4.69, 9.17) is 23.2 Å². The van der Waals surface area contributed by atoms with Crippen LogP contribution < -0.4 is 5.56 Å². The van der Waals surface area contributed by atoms with E-state index in [1.165, 1.54) is 6.07 Å². The van der Waals surface area contributed by atoms with Crippen molar-refractivity contribution in [2.45, 2.75) is 0 Å². The normalized spacial score (nSPS) is 10.7. The van der Waals surface area contributed by atoms with Crippen LogP contribution in [-0.2, 0) is 0 Å². The lowest BCUT2D eigenvalue weighted by Gasteiger charge is -2.09. The molecule has 0 amide bonds. The summed E-state index contributed by atoms with van der Waals surface area (Å²) in [5.41, 5.74) is 2.12. The Morgan fingerprint density at radius 1 is 0.950 bits per heavy atom. The Morgan fingerprint density at radius 2 is 1.70 bits per heavy atom. The highest BCUT2D eigenvalue weighted by molar-refractivity contribution is 6.36. The predicted molar refractivity (Wildman–Crippen MR) is 81.8 cm³/mol. The molecule has 3 aromatic rings. The van der Waals surface area contributed by atoms with Crippen LogP contribution in [0.3, 0.4) is 0 Å². The van der Waals surface area contributed by atoms with Crippen LogP contribution in [0.25, 0.3) is 16.9 Å². The molecule has 0 aliphatic heterocycles. The van der Waals surface area contributed by atoms with Gasteiger partial charge < -0.3 is 0 Å². The number of halogens is 2. The van der Waals surface area contributed by atoms with Gasteiger partial charge in [-0.2, -0.15) is 0 Å². The largest absolute Gasteiger partial charge is 0.268 e. The van der Waals surface area contributed by atoms with Crippen molar-refractivity contribution in [1.29, 1.82) is 0 Å². The Morgan fingerprint density at radius 3 is 2.40 bits per heavy atom. The van der Waals surface area contributed by atoms with Gasteiger partial charge in [0.25, 0.3) is 5.56 Å². The molecule has 3 rings (SSSR count). The van der Waals surface area contributed by atoms with E-state index in [2.05, 4.69) is 5.10 Å². The third-order valence-electron chi connectivity index (χ3n) is 2.95. The zero-order chi connectivity index (χ0) is 14.1. The summed E-state index contributed by atoms with van der Waals surface area (Å²) in [6.07, 6.45) is 0. The lowest BCUT2D eigenvalue weighted by atomic mass is 10.1. The van der Waals surface area contributed by atoms with E-state index in [1.807, 2.05) is 30.3 Å². The van der Waals surface area contributed by atoms with Gasteiger partial charge >= 0.3 is 0 Å². The summed E-state index contributed by atoms with van der Waals surface area (Å²) in [4.78, 5) is 11.7. The van der Waals surface area contributed by atoms with Crippen molar-refractivity contribution < 1.29 is 0 Å². The minimum Gasteiger partial charge on any atom is -0.268 e. The van der Waals surface area contributed by atoms with E-state index in [-0.39, 0.29) is 5.56 Å². The number of aromatic nitrogens is 2. The summed E-state index contributed by atoms with van der Waals surface area (Å²) in [6, 6.07) is 16.3. The molecule has 0 unspecified atom stereocenters. The van der Waals surface area contributed by atoms with Gasteiger partial charge in [-0.05, 0) is 30.3 Å². The quantitative estimate of drug-likeness (QED) is 0.759. The molecule has 0 fully saturated rings. The minimum absolute atomic E-state index is 0.185. The standard InChI is InChI=1S/C15H10Cl2N2O/c16-10-6-7-12(13(17)8-10)14-9-15(20)18-19(14)11-4-2-1-3-5-11/h1-9H,(H,18,20). The second-order valence-corrected chi connectivity index (χ2v) is 5.14. The molecular formula is C15H10Cl2N2O. The van der Waals surface area contributed by atoms with Crippen LogP contribution in [0.2, 0.25) is 10.0 Å². The molecule has 3 nitrogen and oxygen atoms in total. The summed E-state index contributed by atoms with van der Waals surface area (Å²) in [5, 5.41) is 3.83. The van der Waals surface area contributed by atoms with Crippen LogP contribution in [0, 0.1) is 0 Å². The number of hydrogen-bond acceptors (Lipinski definition) is 1. The molecule has 2 aromatic carbocycles. The average molecular weight is 305 g/mol. The van der Waals surface area contributed by atoms with E-state index >= 15 is 0 Å². The van der Waals surface area contributed by atoms with Crippen molar-refractivity contribution in [2.75, 3.05) is 0 Å². The first-order valence-corrected chi connectivity index (χ1v) is 6.73. The maximum Gasteiger partial charge on any atom is 0.265 e. The molecule has 1 heterocycles. The molecule has 0 atom stereocenters. The van der Waals surface area contributed by atoms with E-state index < -0.39 is 0 Å². The van der Waals surface area contributed by atoms with Crippen molar-refractivity contribution in [2.24, 2.45) is 0 Å². The third kappa shape index (κ3) is 2.38. The molecule has 1 aromatic heterocycles. The zero-order valence-corrected chi connectivity index (χ0v) is 11.8. The summed E-state index contributed by atoms with van der Waals surface area (Å²) in [7, 11) is 0. The van der Waals surface area contributed by atoms with Crippen molar-refractivity contribution >= 4 is 23.2 Å². The lowest BCUT2D eigenvalue weighted by molar-refractivity contribution is 0.871. The smallest absolute Gasteiger partial charge is 0.265 e. The summed E-state index contributed by atoms with van der Waals surface area (Å²) < 4.78 is 1.71. The molecule has 0 aliphatic carbocycles. The second kappa shape index (κ2) is 5.19. The lowest BCUT2D eigenvalue weighted by Crippen LogP contribution is -2.04.